The van der Waals surface area contributed by atoms with Crippen LogP contribution in [0.1, 0.15) is 58.8 Å². The molecule has 0 spiro atoms. The summed E-state index contributed by atoms with van der Waals surface area (Å²) in [5, 5.41) is 3.77. The Labute approximate surface area is 113 Å². The number of hydrogen-bond donors (Lipinski definition) is 1. The van der Waals surface area contributed by atoms with E-state index in [4.69, 9.17) is 4.74 Å². The van der Waals surface area contributed by atoms with Crippen molar-refractivity contribution in [1.82, 2.24) is 5.32 Å². The Morgan fingerprint density at radius 1 is 1.06 bits per heavy atom. The van der Waals surface area contributed by atoms with Crippen LogP contribution in [0, 0.1) is 17.8 Å². The van der Waals surface area contributed by atoms with E-state index in [9.17, 15) is 0 Å². The Hall–Kier alpha value is -0.0800. The molecule has 0 radical (unpaired) electrons. The highest BCUT2D eigenvalue weighted by Gasteiger charge is 2.32. The van der Waals surface area contributed by atoms with Gasteiger partial charge in [-0.25, -0.2) is 0 Å². The van der Waals surface area contributed by atoms with Crippen LogP contribution in [0.25, 0.3) is 0 Å². The predicted molar refractivity (Wildman–Crippen MR) is 76.7 cm³/mol. The molecular weight excluding hydrogens is 222 g/mol. The molecule has 0 aromatic rings. The monoisotopic (exact) mass is 253 g/mol. The van der Waals surface area contributed by atoms with Gasteiger partial charge in [-0.2, -0.15) is 0 Å². The highest BCUT2D eigenvalue weighted by atomic mass is 16.5. The quantitative estimate of drug-likeness (QED) is 0.808. The van der Waals surface area contributed by atoms with E-state index in [1.165, 1.54) is 44.9 Å². The van der Waals surface area contributed by atoms with Gasteiger partial charge in [0.1, 0.15) is 0 Å². The van der Waals surface area contributed by atoms with Crippen molar-refractivity contribution in [3.63, 3.8) is 0 Å². The second-order valence-electron chi connectivity index (χ2n) is 6.25. The third-order valence-electron chi connectivity index (χ3n) is 5.12. The molecule has 2 heteroatoms. The highest BCUT2D eigenvalue weighted by molar-refractivity contribution is 4.87. The molecule has 2 aliphatic rings. The van der Waals surface area contributed by atoms with E-state index in [1.54, 1.807) is 0 Å². The van der Waals surface area contributed by atoms with Gasteiger partial charge in [0, 0.05) is 12.6 Å². The SMILES string of the molecule is CCNC(C1CCC(CC)CC1)C1CCCOC1. The van der Waals surface area contributed by atoms with Gasteiger partial charge in [0.15, 0.2) is 0 Å². The van der Waals surface area contributed by atoms with E-state index in [2.05, 4.69) is 19.2 Å². The van der Waals surface area contributed by atoms with Crippen molar-refractivity contribution in [2.24, 2.45) is 17.8 Å². The van der Waals surface area contributed by atoms with Crippen LogP contribution in [0.3, 0.4) is 0 Å². The summed E-state index contributed by atoms with van der Waals surface area (Å²) in [5.41, 5.74) is 0. The lowest BCUT2D eigenvalue weighted by molar-refractivity contribution is 0.0228. The van der Waals surface area contributed by atoms with Crippen LogP contribution in [0.5, 0.6) is 0 Å². The van der Waals surface area contributed by atoms with Gasteiger partial charge >= 0.3 is 0 Å². The third kappa shape index (κ3) is 3.71. The lowest BCUT2D eigenvalue weighted by atomic mass is 9.73. The van der Waals surface area contributed by atoms with E-state index < -0.39 is 0 Å². The summed E-state index contributed by atoms with van der Waals surface area (Å²) in [6.45, 7) is 7.67. The van der Waals surface area contributed by atoms with Crippen LogP contribution in [-0.2, 0) is 4.74 Å². The number of ether oxygens (including phenoxy) is 1. The van der Waals surface area contributed by atoms with Crippen molar-refractivity contribution in [2.75, 3.05) is 19.8 Å². The topological polar surface area (TPSA) is 21.3 Å². The first kappa shape index (κ1) is 14.3. The smallest absolute Gasteiger partial charge is 0.0509 e. The minimum atomic E-state index is 0.716. The van der Waals surface area contributed by atoms with Crippen molar-refractivity contribution in [3.8, 4) is 0 Å². The second-order valence-corrected chi connectivity index (χ2v) is 6.25. The van der Waals surface area contributed by atoms with Crippen LogP contribution in [0.2, 0.25) is 0 Å². The Balaban J connectivity index is 1.88. The van der Waals surface area contributed by atoms with Crippen LogP contribution in [0.4, 0.5) is 0 Å². The molecular formula is C16H31NO. The lowest BCUT2D eigenvalue weighted by Gasteiger charge is -2.39. The Morgan fingerprint density at radius 3 is 2.39 bits per heavy atom. The van der Waals surface area contributed by atoms with Crippen molar-refractivity contribution in [2.45, 2.75) is 64.8 Å². The molecule has 106 valence electrons. The average molecular weight is 253 g/mol. The first-order chi connectivity index (χ1) is 8.85. The third-order valence-corrected chi connectivity index (χ3v) is 5.12. The number of nitrogens with one attached hydrogen (secondary N) is 1. The molecule has 2 unspecified atom stereocenters. The van der Waals surface area contributed by atoms with Gasteiger partial charge in [-0.05, 0) is 50.0 Å². The van der Waals surface area contributed by atoms with Crippen LogP contribution in [-0.4, -0.2) is 25.8 Å². The van der Waals surface area contributed by atoms with E-state index in [-0.39, 0.29) is 0 Å². The summed E-state index contributed by atoms with van der Waals surface area (Å²) in [4.78, 5) is 0. The maximum absolute atomic E-state index is 5.70. The van der Waals surface area contributed by atoms with E-state index in [0.29, 0.717) is 6.04 Å². The van der Waals surface area contributed by atoms with Gasteiger partial charge in [-0.1, -0.05) is 33.1 Å². The van der Waals surface area contributed by atoms with Gasteiger partial charge in [-0.3, -0.25) is 0 Å². The lowest BCUT2D eigenvalue weighted by Crippen LogP contribution is -2.46. The van der Waals surface area contributed by atoms with Gasteiger partial charge in [0.25, 0.3) is 0 Å². The minimum Gasteiger partial charge on any atom is -0.381 e. The van der Waals surface area contributed by atoms with Crippen LogP contribution < -0.4 is 5.32 Å². The maximum Gasteiger partial charge on any atom is 0.0509 e. The minimum absolute atomic E-state index is 0.716. The fraction of sp³-hybridized carbons (Fsp3) is 1.00. The van der Waals surface area contributed by atoms with Crippen molar-refractivity contribution < 1.29 is 4.74 Å². The molecule has 2 rings (SSSR count). The molecule has 18 heavy (non-hydrogen) atoms. The normalized spacial score (nSPS) is 35.3. The predicted octanol–water partition coefficient (Wildman–Crippen LogP) is 3.61. The van der Waals surface area contributed by atoms with Crippen LogP contribution >= 0.6 is 0 Å². The molecule has 1 heterocycles. The summed E-state index contributed by atoms with van der Waals surface area (Å²) in [5.74, 6) is 2.67. The Kier molecular flexibility index (Phi) is 5.97. The summed E-state index contributed by atoms with van der Waals surface area (Å²) in [7, 11) is 0. The molecule has 1 saturated carbocycles. The molecule has 1 N–H and O–H groups in total. The molecule has 2 fully saturated rings. The molecule has 0 bridgehead atoms. The fourth-order valence-corrected chi connectivity index (χ4v) is 3.96. The van der Waals surface area contributed by atoms with E-state index in [1.807, 2.05) is 0 Å². The zero-order valence-electron chi connectivity index (χ0n) is 12.3. The molecule has 1 aliphatic carbocycles. The number of rotatable bonds is 5. The van der Waals surface area contributed by atoms with Crippen molar-refractivity contribution in [1.29, 1.82) is 0 Å². The van der Waals surface area contributed by atoms with Gasteiger partial charge < -0.3 is 10.1 Å². The summed E-state index contributed by atoms with van der Waals surface area (Å²) >= 11 is 0. The molecule has 2 atom stereocenters. The van der Waals surface area contributed by atoms with Gasteiger partial charge in [-0.15, -0.1) is 0 Å². The van der Waals surface area contributed by atoms with E-state index >= 15 is 0 Å². The first-order valence-electron chi connectivity index (χ1n) is 8.16. The molecule has 0 aromatic heterocycles. The zero-order valence-corrected chi connectivity index (χ0v) is 12.3. The second kappa shape index (κ2) is 7.49. The summed E-state index contributed by atoms with van der Waals surface area (Å²) in [6, 6.07) is 0.716. The van der Waals surface area contributed by atoms with Crippen LogP contribution in [0.15, 0.2) is 0 Å². The van der Waals surface area contributed by atoms with Gasteiger partial charge in [0.05, 0.1) is 6.61 Å². The standard InChI is InChI=1S/C16H31NO/c1-3-13-7-9-14(10-8-13)16(17-4-2)15-6-5-11-18-12-15/h13-17H,3-12H2,1-2H3. The number of hydrogen-bond acceptors (Lipinski definition) is 2. The maximum atomic E-state index is 5.70. The van der Waals surface area contributed by atoms with Gasteiger partial charge in [0.2, 0.25) is 0 Å². The summed E-state index contributed by atoms with van der Waals surface area (Å²) in [6.07, 6.45) is 9.79. The average Bonchev–Trinajstić information content (AvgIpc) is 2.46. The Morgan fingerprint density at radius 2 is 1.83 bits per heavy atom. The fourth-order valence-electron chi connectivity index (χ4n) is 3.96. The Bertz CT molecular complexity index is 217. The molecule has 1 aliphatic heterocycles. The molecule has 2 nitrogen and oxygen atoms in total. The highest BCUT2D eigenvalue weighted by Crippen LogP contribution is 2.36. The molecule has 0 amide bonds. The molecule has 1 saturated heterocycles. The van der Waals surface area contributed by atoms with Crippen molar-refractivity contribution in [3.05, 3.63) is 0 Å². The van der Waals surface area contributed by atoms with Crippen molar-refractivity contribution >= 4 is 0 Å². The largest absolute Gasteiger partial charge is 0.381 e. The first-order valence-corrected chi connectivity index (χ1v) is 8.16. The molecule has 0 aromatic carbocycles. The van der Waals surface area contributed by atoms with E-state index in [0.717, 1.165) is 37.5 Å². The summed E-state index contributed by atoms with van der Waals surface area (Å²) < 4.78 is 5.70. The zero-order chi connectivity index (χ0) is 12.8.